The van der Waals surface area contributed by atoms with E-state index in [9.17, 15) is 18.0 Å². The Morgan fingerprint density at radius 3 is 2.58 bits per heavy atom. The Kier molecular flexibility index (Phi) is 5.69. The minimum absolute atomic E-state index is 0.00568. The lowest BCUT2D eigenvalue weighted by Gasteiger charge is -2.25. The molecule has 3 heterocycles. The molecule has 0 spiro atoms. The Bertz CT molecular complexity index is 1300. The summed E-state index contributed by atoms with van der Waals surface area (Å²) in [6, 6.07) is 6.18. The van der Waals surface area contributed by atoms with Crippen molar-refractivity contribution in [2.24, 2.45) is 0 Å². The number of H-pyrrole nitrogens is 1. The van der Waals surface area contributed by atoms with Crippen molar-refractivity contribution in [2.45, 2.75) is 25.3 Å². The topological polar surface area (TPSA) is 119 Å². The molecule has 4 rings (SSSR count). The van der Waals surface area contributed by atoms with E-state index in [0.29, 0.717) is 29.7 Å². The predicted octanol–water partition coefficient (Wildman–Crippen LogP) is 2.12. The number of aromatic amines is 1. The van der Waals surface area contributed by atoms with Gasteiger partial charge in [-0.15, -0.1) is 0 Å². The monoisotopic (exact) mass is 446 g/mol. The first-order valence-corrected chi connectivity index (χ1v) is 11.2. The van der Waals surface area contributed by atoms with Gasteiger partial charge in [0, 0.05) is 36.3 Å². The number of nitrogens with one attached hydrogen (secondary N) is 1. The molecule has 1 saturated heterocycles. The Morgan fingerprint density at radius 1 is 1.13 bits per heavy atom. The van der Waals surface area contributed by atoms with Gasteiger partial charge in [0.1, 0.15) is 22.8 Å². The van der Waals surface area contributed by atoms with E-state index in [1.807, 2.05) is 19.9 Å². The molecule has 2 aromatic heterocycles. The summed E-state index contributed by atoms with van der Waals surface area (Å²) in [7, 11) is -3.72. The molecular weight excluding hydrogens is 424 g/mol. The summed E-state index contributed by atoms with van der Waals surface area (Å²) < 4.78 is 42.5. The summed E-state index contributed by atoms with van der Waals surface area (Å²) in [4.78, 5) is 27.0. The van der Waals surface area contributed by atoms with Gasteiger partial charge in [-0.1, -0.05) is 0 Å². The Labute approximate surface area is 178 Å². The molecule has 0 saturated carbocycles. The van der Waals surface area contributed by atoms with Crippen LogP contribution in [0.4, 0.5) is 0 Å². The summed E-state index contributed by atoms with van der Waals surface area (Å²) in [6.45, 7) is 4.87. The van der Waals surface area contributed by atoms with Crippen LogP contribution < -0.4 is 5.63 Å². The number of carbonyl (C=O) groups excluding carboxylic acids is 1. The number of nitrogens with zero attached hydrogens (tertiary/aromatic N) is 1. The first kappa shape index (κ1) is 21.3. The third kappa shape index (κ3) is 4.27. The van der Waals surface area contributed by atoms with Gasteiger partial charge in [0.2, 0.25) is 10.0 Å². The van der Waals surface area contributed by atoms with Crippen LogP contribution in [0.15, 0.2) is 44.6 Å². The smallest absolute Gasteiger partial charge is 0.355 e. The van der Waals surface area contributed by atoms with Gasteiger partial charge in [0.25, 0.3) is 0 Å². The van der Waals surface area contributed by atoms with Gasteiger partial charge >= 0.3 is 11.6 Å². The number of benzene rings is 1. The maximum absolute atomic E-state index is 12.7. The van der Waals surface area contributed by atoms with E-state index in [1.165, 1.54) is 22.6 Å². The van der Waals surface area contributed by atoms with Crippen molar-refractivity contribution in [3.63, 3.8) is 0 Å². The molecule has 1 N–H and O–H groups in total. The molecule has 0 bridgehead atoms. The van der Waals surface area contributed by atoms with Crippen molar-refractivity contribution in [3.05, 3.63) is 63.3 Å². The van der Waals surface area contributed by atoms with Gasteiger partial charge in [-0.05, 0) is 43.2 Å². The third-order valence-electron chi connectivity index (χ3n) is 5.29. The molecule has 164 valence electrons. The van der Waals surface area contributed by atoms with Gasteiger partial charge in [0.15, 0.2) is 0 Å². The number of morpholine rings is 1. The number of sulfonamides is 1. The van der Waals surface area contributed by atoms with Crippen LogP contribution in [0.3, 0.4) is 0 Å². The van der Waals surface area contributed by atoms with E-state index in [2.05, 4.69) is 4.98 Å². The highest BCUT2D eigenvalue weighted by Gasteiger charge is 2.28. The Morgan fingerprint density at radius 2 is 1.84 bits per heavy atom. The first-order valence-electron chi connectivity index (χ1n) is 9.73. The Balaban J connectivity index is 1.53. The SMILES string of the molecule is Cc1cc2oc(=O)cc(COC(=O)c3cc(S(=O)(=O)N4CCOCC4)c[nH]3)c2cc1C. The van der Waals surface area contributed by atoms with Crippen molar-refractivity contribution in [3.8, 4) is 0 Å². The van der Waals surface area contributed by atoms with Gasteiger partial charge in [-0.25, -0.2) is 18.0 Å². The largest absolute Gasteiger partial charge is 0.456 e. The minimum Gasteiger partial charge on any atom is -0.456 e. The molecule has 0 amide bonds. The highest BCUT2D eigenvalue weighted by molar-refractivity contribution is 7.89. The fraction of sp³-hybridized carbons (Fsp3) is 0.333. The Hall–Kier alpha value is -2.95. The molecule has 9 nitrogen and oxygen atoms in total. The lowest BCUT2D eigenvalue weighted by atomic mass is 10.0. The van der Waals surface area contributed by atoms with Crippen LogP contribution in [0, 0.1) is 13.8 Å². The normalized spacial score (nSPS) is 15.3. The quantitative estimate of drug-likeness (QED) is 0.471. The summed E-state index contributed by atoms with van der Waals surface area (Å²) in [5, 5.41) is 0.678. The van der Waals surface area contributed by atoms with Crippen LogP contribution in [-0.4, -0.2) is 50.0 Å². The van der Waals surface area contributed by atoms with Crippen LogP contribution in [-0.2, 0) is 26.1 Å². The van der Waals surface area contributed by atoms with Crippen molar-refractivity contribution >= 4 is 27.0 Å². The van der Waals surface area contributed by atoms with Crippen molar-refractivity contribution in [2.75, 3.05) is 26.3 Å². The lowest BCUT2D eigenvalue weighted by molar-refractivity contribution is 0.0467. The lowest BCUT2D eigenvalue weighted by Crippen LogP contribution is -2.40. The van der Waals surface area contributed by atoms with E-state index < -0.39 is 21.6 Å². The van der Waals surface area contributed by atoms with Gasteiger partial charge in [0.05, 0.1) is 13.2 Å². The number of rotatable bonds is 5. The number of carbonyl (C=O) groups is 1. The second-order valence-electron chi connectivity index (χ2n) is 7.36. The average Bonchev–Trinajstić information content (AvgIpc) is 3.25. The molecule has 1 aliphatic rings. The van der Waals surface area contributed by atoms with E-state index in [4.69, 9.17) is 13.9 Å². The maximum atomic E-state index is 12.7. The summed E-state index contributed by atoms with van der Waals surface area (Å²) in [6.07, 6.45) is 1.26. The predicted molar refractivity (Wildman–Crippen MR) is 111 cm³/mol. The summed E-state index contributed by atoms with van der Waals surface area (Å²) in [5.74, 6) is -0.728. The standard InChI is InChI=1S/C21H22N2O7S/c1-13-7-17-15(9-20(24)30-19(17)8-14(13)2)12-29-21(25)18-10-16(11-22-18)31(26,27)23-3-5-28-6-4-23/h7-11,22H,3-6,12H2,1-2H3. The van der Waals surface area contributed by atoms with E-state index >= 15 is 0 Å². The summed E-state index contributed by atoms with van der Waals surface area (Å²) >= 11 is 0. The molecule has 10 heteroatoms. The number of fused-ring (bicyclic) bond motifs is 1. The molecule has 1 fully saturated rings. The zero-order valence-electron chi connectivity index (χ0n) is 17.1. The molecule has 1 aromatic carbocycles. The third-order valence-corrected chi connectivity index (χ3v) is 7.16. The fourth-order valence-electron chi connectivity index (χ4n) is 3.40. The number of aryl methyl sites for hydroxylation is 2. The number of aromatic nitrogens is 1. The van der Waals surface area contributed by atoms with Crippen molar-refractivity contribution in [1.82, 2.24) is 9.29 Å². The van der Waals surface area contributed by atoms with Crippen LogP contribution in [0.1, 0.15) is 27.2 Å². The zero-order valence-corrected chi connectivity index (χ0v) is 18.0. The molecule has 0 unspecified atom stereocenters. The highest BCUT2D eigenvalue weighted by atomic mass is 32.2. The number of hydrogen-bond donors (Lipinski definition) is 1. The second-order valence-corrected chi connectivity index (χ2v) is 9.30. The van der Waals surface area contributed by atoms with E-state index in [1.54, 1.807) is 6.07 Å². The van der Waals surface area contributed by atoms with Crippen molar-refractivity contribution in [1.29, 1.82) is 0 Å². The zero-order chi connectivity index (χ0) is 22.2. The second kappa shape index (κ2) is 8.29. The first-order chi connectivity index (χ1) is 14.8. The molecule has 0 atom stereocenters. The van der Waals surface area contributed by atoms with Gasteiger partial charge < -0.3 is 18.9 Å². The van der Waals surface area contributed by atoms with Gasteiger partial charge in [-0.3, -0.25) is 0 Å². The van der Waals surface area contributed by atoms with E-state index in [0.717, 1.165) is 11.1 Å². The molecule has 31 heavy (non-hydrogen) atoms. The van der Waals surface area contributed by atoms with Crippen LogP contribution in [0.5, 0.6) is 0 Å². The van der Waals surface area contributed by atoms with Crippen molar-refractivity contribution < 1.29 is 27.1 Å². The average molecular weight is 446 g/mol. The molecular formula is C21H22N2O7S. The minimum atomic E-state index is -3.72. The number of hydrogen-bond acceptors (Lipinski definition) is 7. The number of ether oxygens (including phenoxy) is 2. The van der Waals surface area contributed by atoms with Crippen LogP contribution in [0.25, 0.3) is 11.0 Å². The maximum Gasteiger partial charge on any atom is 0.355 e. The molecule has 0 radical (unpaired) electrons. The summed E-state index contributed by atoms with van der Waals surface area (Å²) in [5.41, 5.74) is 2.38. The number of esters is 1. The van der Waals surface area contributed by atoms with E-state index in [-0.39, 0.29) is 30.3 Å². The fourth-order valence-corrected chi connectivity index (χ4v) is 4.80. The highest BCUT2D eigenvalue weighted by Crippen LogP contribution is 2.23. The van der Waals surface area contributed by atoms with Crippen LogP contribution in [0.2, 0.25) is 0 Å². The molecule has 3 aromatic rings. The van der Waals surface area contributed by atoms with Crippen LogP contribution >= 0.6 is 0 Å². The van der Waals surface area contributed by atoms with Gasteiger partial charge in [-0.2, -0.15) is 4.31 Å². The molecule has 1 aliphatic heterocycles. The molecule has 0 aliphatic carbocycles.